The Balaban J connectivity index is 4.02. The van der Waals surface area contributed by atoms with Crippen molar-refractivity contribution in [2.45, 2.75) is 315 Å². The van der Waals surface area contributed by atoms with Crippen molar-refractivity contribution in [3.8, 4) is 0 Å². The number of carbonyl (C=O) groups excluding carboxylic acids is 2. The number of rotatable bonds is 65. The molecule has 0 aromatic carbocycles. The summed E-state index contributed by atoms with van der Waals surface area (Å²) in [6, 6.07) is 0. The van der Waals surface area contributed by atoms with Gasteiger partial charge in [-0.3, -0.25) is 18.6 Å². The highest BCUT2D eigenvalue weighted by molar-refractivity contribution is 7.47. The van der Waals surface area contributed by atoms with Gasteiger partial charge < -0.3 is 18.9 Å². The molecule has 0 spiro atoms. The number of quaternary nitrogens is 1. The van der Waals surface area contributed by atoms with Gasteiger partial charge in [0.15, 0.2) is 6.10 Å². The van der Waals surface area contributed by atoms with Crippen LogP contribution in [0.1, 0.15) is 309 Å². The Morgan fingerprint density at radius 3 is 0.930 bits per heavy atom. The number of nitrogens with zero attached hydrogens (tertiary/aromatic N) is 1. The number of phosphoric ester groups is 1. The van der Waals surface area contributed by atoms with Gasteiger partial charge in [0.25, 0.3) is 0 Å². The number of ether oxygens (including phenoxy) is 2. The molecule has 1 N–H and O–H groups in total. The second-order valence-electron chi connectivity index (χ2n) is 24.9. The molecule has 0 heterocycles. The van der Waals surface area contributed by atoms with Gasteiger partial charge in [-0.25, -0.2) is 4.57 Å². The first-order valence-electron chi connectivity index (χ1n) is 35.6. The highest BCUT2D eigenvalue weighted by Gasteiger charge is 2.27. The number of phosphoric acid groups is 1. The van der Waals surface area contributed by atoms with Gasteiger partial charge in [0.1, 0.15) is 19.8 Å². The molecule has 0 aliphatic heterocycles. The molecular weight excluding hydrogens is 1090 g/mol. The fourth-order valence-corrected chi connectivity index (χ4v) is 10.7. The molecule has 496 valence electrons. The molecule has 0 fully saturated rings. The SMILES string of the molecule is CC/C=C\C/C=C\C/C=C\C/C=C\C/C=C\CCCCCCCCCCCCCCCCCC(=O)OC(COC(=O)CCCCCCCCCCCCCCCCCCCC/C=C\C/C=C\C/C=C\C/C=C\CC)COP(=O)(O)OCC[N+](C)(C)C. The van der Waals surface area contributed by atoms with Crippen LogP contribution in [0.15, 0.2) is 109 Å². The summed E-state index contributed by atoms with van der Waals surface area (Å²) in [5.41, 5.74) is 0. The van der Waals surface area contributed by atoms with Crippen molar-refractivity contribution in [1.29, 1.82) is 0 Å². The average Bonchev–Trinajstić information content (AvgIpc) is 3.56. The van der Waals surface area contributed by atoms with Crippen molar-refractivity contribution >= 4 is 19.8 Å². The summed E-state index contributed by atoms with van der Waals surface area (Å²) in [6.45, 7) is 4.24. The summed E-state index contributed by atoms with van der Waals surface area (Å²) in [4.78, 5) is 35.9. The van der Waals surface area contributed by atoms with Gasteiger partial charge >= 0.3 is 19.8 Å². The molecule has 10 heteroatoms. The maximum atomic E-state index is 12.9. The van der Waals surface area contributed by atoms with Crippen molar-refractivity contribution in [3.05, 3.63) is 109 Å². The molecule has 2 unspecified atom stereocenters. The number of carbonyl (C=O) groups is 2. The fourth-order valence-electron chi connectivity index (χ4n) is 9.92. The minimum absolute atomic E-state index is 0.0295. The Hall–Kier alpha value is -3.33. The molecule has 0 saturated carbocycles. The van der Waals surface area contributed by atoms with Crippen LogP contribution < -0.4 is 0 Å². The van der Waals surface area contributed by atoms with Gasteiger partial charge in [0.2, 0.25) is 0 Å². The van der Waals surface area contributed by atoms with Crippen LogP contribution in [0.25, 0.3) is 0 Å². The third-order valence-electron chi connectivity index (χ3n) is 15.3. The van der Waals surface area contributed by atoms with E-state index in [2.05, 4.69) is 123 Å². The van der Waals surface area contributed by atoms with Crippen molar-refractivity contribution < 1.29 is 42.1 Å². The van der Waals surface area contributed by atoms with Crippen LogP contribution in [0.2, 0.25) is 0 Å². The van der Waals surface area contributed by atoms with Crippen LogP contribution in [0, 0.1) is 0 Å². The van der Waals surface area contributed by atoms with E-state index in [1.54, 1.807) is 0 Å². The predicted molar refractivity (Wildman–Crippen MR) is 371 cm³/mol. The smallest absolute Gasteiger partial charge is 0.462 e. The summed E-state index contributed by atoms with van der Waals surface area (Å²) >= 11 is 0. The van der Waals surface area contributed by atoms with E-state index in [0.29, 0.717) is 17.4 Å². The van der Waals surface area contributed by atoms with E-state index < -0.39 is 26.5 Å². The van der Waals surface area contributed by atoms with Crippen LogP contribution in [0.5, 0.6) is 0 Å². The second kappa shape index (κ2) is 66.1. The van der Waals surface area contributed by atoms with Crippen LogP contribution in [-0.2, 0) is 32.7 Å². The number of hydrogen-bond acceptors (Lipinski definition) is 7. The highest BCUT2D eigenvalue weighted by Crippen LogP contribution is 2.43. The third kappa shape index (κ3) is 69.8. The first-order valence-corrected chi connectivity index (χ1v) is 37.1. The normalized spacial score (nSPS) is 13.8. The predicted octanol–water partition coefficient (Wildman–Crippen LogP) is 23.3. The van der Waals surface area contributed by atoms with Gasteiger partial charge in [0, 0.05) is 12.8 Å². The molecule has 9 nitrogen and oxygen atoms in total. The van der Waals surface area contributed by atoms with Crippen molar-refractivity contribution in [1.82, 2.24) is 0 Å². The van der Waals surface area contributed by atoms with E-state index in [1.165, 1.54) is 180 Å². The quantitative estimate of drug-likeness (QED) is 0.0211. The van der Waals surface area contributed by atoms with Crippen LogP contribution in [-0.4, -0.2) is 74.9 Å². The lowest BCUT2D eigenvalue weighted by atomic mass is 10.0. The number of likely N-dealkylation sites (N-methyl/N-ethyl adjacent to an activating group) is 1. The van der Waals surface area contributed by atoms with E-state index in [0.717, 1.165) is 96.3 Å². The van der Waals surface area contributed by atoms with Crippen LogP contribution >= 0.6 is 7.82 Å². The Bertz CT molecular complexity index is 1820. The largest absolute Gasteiger partial charge is 0.472 e. The van der Waals surface area contributed by atoms with Crippen molar-refractivity contribution in [2.24, 2.45) is 0 Å². The zero-order valence-corrected chi connectivity index (χ0v) is 57.4. The minimum atomic E-state index is -4.40. The van der Waals surface area contributed by atoms with E-state index in [-0.39, 0.29) is 32.0 Å². The monoisotopic (exact) mass is 1220 g/mol. The number of allylic oxidation sites excluding steroid dienone is 18. The second-order valence-corrected chi connectivity index (χ2v) is 26.3. The Morgan fingerprint density at radius 1 is 0.360 bits per heavy atom. The zero-order chi connectivity index (χ0) is 62.6. The molecule has 0 aliphatic rings. The fraction of sp³-hybridized carbons (Fsp3) is 0.737. The highest BCUT2D eigenvalue weighted by atomic mass is 31.2. The van der Waals surface area contributed by atoms with Gasteiger partial charge in [-0.05, 0) is 96.3 Å². The first kappa shape index (κ1) is 82.7. The summed E-state index contributed by atoms with van der Waals surface area (Å²) in [7, 11) is 1.48. The molecule has 0 aromatic rings. The first-order chi connectivity index (χ1) is 42.0. The molecular formula is C76H135NO8P+. The van der Waals surface area contributed by atoms with Gasteiger partial charge in [0.05, 0.1) is 27.7 Å². The summed E-state index contributed by atoms with van der Waals surface area (Å²) in [5.74, 6) is -0.789. The van der Waals surface area contributed by atoms with Crippen molar-refractivity contribution in [2.75, 3.05) is 47.5 Å². The van der Waals surface area contributed by atoms with Crippen LogP contribution in [0.3, 0.4) is 0 Å². The summed E-state index contributed by atoms with van der Waals surface area (Å²) in [6.07, 6.45) is 93.4. The standard InChI is InChI=1S/C76H134NO8P/c1-6-8-10-12-14-16-18-20-22-24-26-28-30-32-34-36-38-40-42-44-46-48-50-52-54-56-58-60-62-64-66-68-75(78)82-72-74(73-84-86(80,81)83-71-70-77(3,4)5)85-76(79)69-67-65-63-61-59-57-55-53-51-49-47-45-43-41-39-37-35-33-31-29-27-25-23-21-19-17-15-13-11-9-7-2/h8-11,14-17,20-23,26-29,33,35,74H,6-7,12-13,18-19,24-25,30-32,34,36-73H2,1-5H3/p+1/b10-8-,11-9-,16-14-,17-15-,22-20-,23-21-,28-26-,29-27-,35-33-. The number of esters is 2. The molecule has 0 aliphatic carbocycles. The van der Waals surface area contributed by atoms with Crippen molar-refractivity contribution in [3.63, 3.8) is 0 Å². The Labute approximate surface area is 531 Å². The Kier molecular flexibility index (Phi) is 63.5. The molecule has 0 saturated heterocycles. The van der Waals surface area contributed by atoms with Gasteiger partial charge in [-0.2, -0.15) is 0 Å². The number of unbranched alkanes of at least 4 members (excludes halogenated alkanes) is 33. The topological polar surface area (TPSA) is 108 Å². The summed E-state index contributed by atoms with van der Waals surface area (Å²) in [5, 5.41) is 0. The zero-order valence-electron chi connectivity index (χ0n) is 56.5. The molecule has 86 heavy (non-hydrogen) atoms. The third-order valence-corrected chi connectivity index (χ3v) is 16.3. The molecule has 0 rings (SSSR count). The molecule has 2 atom stereocenters. The minimum Gasteiger partial charge on any atom is -0.462 e. The lowest BCUT2D eigenvalue weighted by Gasteiger charge is -2.24. The van der Waals surface area contributed by atoms with Gasteiger partial charge in [-0.1, -0.05) is 309 Å². The van der Waals surface area contributed by atoms with E-state index in [9.17, 15) is 19.0 Å². The van der Waals surface area contributed by atoms with E-state index in [4.69, 9.17) is 18.5 Å². The molecule has 0 aromatic heterocycles. The van der Waals surface area contributed by atoms with E-state index in [1.807, 2.05) is 21.1 Å². The maximum Gasteiger partial charge on any atom is 0.472 e. The number of hydrogen-bond donors (Lipinski definition) is 1. The lowest BCUT2D eigenvalue weighted by molar-refractivity contribution is -0.870. The lowest BCUT2D eigenvalue weighted by Crippen LogP contribution is -2.37. The maximum absolute atomic E-state index is 12.9. The van der Waals surface area contributed by atoms with Crippen LogP contribution in [0.4, 0.5) is 0 Å². The summed E-state index contributed by atoms with van der Waals surface area (Å²) < 4.78 is 34.8. The van der Waals surface area contributed by atoms with Gasteiger partial charge in [-0.15, -0.1) is 0 Å². The molecule has 0 bridgehead atoms. The molecule has 0 radical (unpaired) electrons. The molecule has 0 amide bonds. The van der Waals surface area contributed by atoms with E-state index >= 15 is 0 Å². The Morgan fingerprint density at radius 2 is 0.628 bits per heavy atom. The average molecular weight is 1220 g/mol.